The Morgan fingerprint density at radius 1 is 1.30 bits per heavy atom. The topological polar surface area (TPSA) is 71.5 Å². The van der Waals surface area contributed by atoms with Gasteiger partial charge in [-0.25, -0.2) is 0 Å². The highest BCUT2D eigenvalue weighted by Gasteiger charge is 2.51. The zero-order chi connectivity index (χ0) is 19.3. The van der Waals surface area contributed by atoms with E-state index < -0.39 is 0 Å². The molecule has 1 unspecified atom stereocenters. The molecular formula is C21H31N3O3. The summed E-state index contributed by atoms with van der Waals surface area (Å²) in [6, 6.07) is 3.93. The molecule has 2 aliphatic rings. The minimum Gasteiger partial charge on any atom is -0.381 e. The first-order valence-corrected chi connectivity index (χ1v) is 10.0. The fourth-order valence-corrected chi connectivity index (χ4v) is 4.29. The van der Waals surface area contributed by atoms with E-state index in [1.807, 2.05) is 17.0 Å². The Labute approximate surface area is 161 Å². The van der Waals surface area contributed by atoms with Crippen LogP contribution in [-0.2, 0) is 20.7 Å². The van der Waals surface area contributed by atoms with Crippen molar-refractivity contribution >= 4 is 11.8 Å². The van der Waals surface area contributed by atoms with Crippen molar-refractivity contribution in [3.63, 3.8) is 0 Å². The summed E-state index contributed by atoms with van der Waals surface area (Å²) in [5.41, 5.74) is 1.03. The van der Waals surface area contributed by atoms with Crippen LogP contribution in [0.5, 0.6) is 0 Å². The van der Waals surface area contributed by atoms with Crippen LogP contribution in [-0.4, -0.2) is 54.5 Å². The Kier molecular flexibility index (Phi) is 6.47. The van der Waals surface area contributed by atoms with Crippen molar-refractivity contribution < 1.29 is 14.3 Å². The molecule has 6 nitrogen and oxygen atoms in total. The summed E-state index contributed by atoms with van der Waals surface area (Å²) in [4.78, 5) is 31.5. The van der Waals surface area contributed by atoms with Gasteiger partial charge in [0.1, 0.15) is 0 Å². The first-order valence-electron chi connectivity index (χ1n) is 10.0. The van der Waals surface area contributed by atoms with Crippen LogP contribution < -0.4 is 5.32 Å². The maximum absolute atomic E-state index is 13.0. The molecule has 0 saturated carbocycles. The van der Waals surface area contributed by atoms with Crippen LogP contribution in [0.25, 0.3) is 0 Å². The van der Waals surface area contributed by atoms with Crippen molar-refractivity contribution in [2.24, 2.45) is 17.3 Å². The van der Waals surface area contributed by atoms with Crippen LogP contribution in [0.4, 0.5) is 0 Å². The van der Waals surface area contributed by atoms with Crippen LogP contribution in [0.2, 0.25) is 0 Å². The van der Waals surface area contributed by atoms with E-state index >= 15 is 0 Å². The summed E-state index contributed by atoms with van der Waals surface area (Å²) in [5.74, 6) is 0.431. The summed E-state index contributed by atoms with van der Waals surface area (Å²) in [6.07, 6.45) is 6.56. The van der Waals surface area contributed by atoms with E-state index in [0.29, 0.717) is 45.2 Å². The number of hydrogen-bond acceptors (Lipinski definition) is 4. The van der Waals surface area contributed by atoms with E-state index in [4.69, 9.17) is 4.74 Å². The molecule has 1 spiro atoms. The molecule has 148 valence electrons. The zero-order valence-electron chi connectivity index (χ0n) is 16.4. The molecule has 1 N–H and O–H groups in total. The molecule has 0 aromatic carbocycles. The zero-order valence-corrected chi connectivity index (χ0v) is 16.4. The molecule has 0 aliphatic carbocycles. The summed E-state index contributed by atoms with van der Waals surface area (Å²) < 4.78 is 5.54. The minimum atomic E-state index is -0.144. The number of hydrogen-bond donors (Lipinski definition) is 1. The molecule has 2 aliphatic heterocycles. The molecule has 2 saturated heterocycles. The fourth-order valence-electron chi connectivity index (χ4n) is 4.29. The molecule has 2 amide bonds. The van der Waals surface area contributed by atoms with Gasteiger partial charge < -0.3 is 15.0 Å². The van der Waals surface area contributed by atoms with Gasteiger partial charge in [0, 0.05) is 57.1 Å². The lowest BCUT2D eigenvalue weighted by molar-refractivity contribution is -0.131. The maximum atomic E-state index is 13.0. The monoisotopic (exact) mass is 373 g/mol. The van der Waals surface area contributed by atoms with Gasteiger partial charge in [0.15, 0.2) is 0 Å². The maximum Gasteiger partial charge on any atom is 0.225 e. The highest BCUT2D eigenvalue weighted by Crippen LogP contribution is 2.44. The molecule has 1 atom stereocenters. The average molecular weight is 373 g/mol. The average Bonchev–Trinajstić information content (AvgIpc) is 3.01. The van der Waals surface area contributed by atoms with Crippen LogP contribution in [0.15, 0.2) is 24.5 Å². The van der Waals surface area contributed by atoms with Gasteiger partial charge in [-0.05, 0) is 42.9 Å². The molecule has 1 aromatic heterocycles. The van der Waals surface area contributed by atoms with Crippen LogP contribution in [0.1, 0.15) is 38.7 Å². The second-order valence-corrected chi connectivity index (χ2v) is 8.30. The van der Waals surface area contributed by atoms with Gasteiger partial charge >= 0.3 is 0 Å². The molecule has 2 fully saturated rings. The van der Waals surface area contributed by atoms with Crippen LogP contribution in [0, 0.1) is 17.3 Å². The standard InChI is InChI=1S/C21H31N3O3/c1-16(2)13-19(25)24-14-18(21(15-24)6-11-27-12-7-21)20(26)23-10-5-17-3-8-22-9-4-17/h3-4,8-9,16,18H,5-7,10-15H2,1-2H3,(H,23,26). The lowest BCUT2D eigenvalue weighted by Gasteiger charge is -2.37. The largest absolute Gasteiger partial charge is 0.381 e. The van der Waals surface area contributed by atoms with E-state index in [-0.39, 0.29) is 23.1 Å². The number of nitrogens with zero attached hydrogens (tertiary/aromatic N) is 2. The van der Waals surface area contributed by atoms with Gasteiger partial charge in [-0.15, -0.1) is 0 Å². The second-order valence-electron chi connectivity index (χ2n) is 8.30. The number of aromatic nitrogens is 1. The summed E-state index contributed by atoms with van der Waals surface area (Å²) in [6.45, 7) is 7.28. The van der Waals surface area contributed by atoms with Crippen molar-refractivity contribution in [1.29, 1.82) is 0 Å². The number of amides is 2. The highest BCUT2D eigenvalue weighted by atomic mass is 16.5. The van der Waals surface area contributed by atoms with Crippen molar-refractivity contribution in [3.05, 3.63) is 30.1 Å². The van der Waals surface area contributed by atoms with Gasteiger partial charge in [0.2, 0.25) is 11.8 Å². The number of ether oxygens (including phenoxy) is 1. The molecule has 3 rings (SSSR count). The smallest absolute Gasteiger partial charge is 0.225 e. The number of nitrogens with one attached hydrogen (secondary N) is 1. The quantitative estimate of drug-likeness (QED) is 0.828. The van der Waals surface area contributed by atoms with Crippen molar-refractivity contribution in [1.82, 2.24) is 15.2 Å². The second kappa shape index (κ2) is 8.83. The Morgan fingerprint density at radius 3 is 2.67 bits per heavy atom. The number of likely N-dealkylation sites (tertiary alicyclic amines) is 1. The first-order chi connectivity index (χ1) is 13.0. The van der Waals surface area contributed by atoms with Crippen molar-refractivity contribution in [2.75, 3.05) is 32.8 Å². The molecule has 0 bridgehead atoms. The Hall–Kier alpha value is -1.95. The van der Waals surface area contributed by atoms with E-state index in [9.17, 15) is 9.59 Å². The van der Waals surface area contributed by atoms with E-state index in [2.05, 4.69) is 24.1 Å². The van der Waals surface area contributed by atoms with Crippen molar-refractivity contribution in [2.45, 2.75) is 39.5 Å². The SMILES string of the molecule is CC(C)CC(=O)N1CC(C(=O)NCCc2ccncc2)C2(CCOCC2)C1. The number of carbonyl (C=O) groups excluding carboxylic acids is 2. The van der Waals surface area contributed by atoms with E-state index in [0.717, 1.165) is 24.8 Å². The normalized spacial score (nSPS) is 21.6. The molecule has 6 heteroatoms. The third-order valence-corrected chi connectivity index (χ3v) is 5.85. The lowest BCUT2D eigenvalue weighted by atomic mass is 9.71. The highest BCUT2D eigenvalue weighted by molar-refractivity contribution is 5.83. The number of pyridine rings is 1. The summed E-state index contributed by atoms with van der Waals surface area (Å²) in [5, 5.41) is 3.11. The molecule has 1 aromatic rings. The van der Waals surface area contributed by atoms with Gasteiger partial charge in [-0.3, -0.25) is 14.6 Å². The predicted octanol–water partition coefficient (Wildman–Crippen LogP) is 2.04. The molecule has 0 radical (unpaired) electrons. The van der Waals surface area contributed by atoms with E-state index in [1.54, 1.807) is 12.4 Å². The molecular weight excluding hydrogens is 342 g/mol. The van der Waals surface area contributed by atoms with Gasteiger partial charge in [0.05, 0.1) is 5.92 Å². The third kappa shape index (κ3) is 4.86. The Bertz CT molecular complexity index is 641. The summed E-state index contributed by atoms with van der Waals surface area (Å²) in [7, 11) is 0. The fraction of sp³-hybridized carbons (Fsp3) is 0.667. The third-order valence-electron chi connectivity index (χ3n) is 5.85. The van der Waals surface area contributed by atoms with Gasteiger partial charge in [0.25, 0.3) is 0 Å². The predicted molar refractivity (Wildman–Crippen MR) is 103 cm³/mol. The first kappa shape index (κ1) is 19.8. The van der Waals surface area contributed by atoms with Crippen LogP contribution >= 0.6 is 0 Å². The molecule has 27 heavy (non-hydrogen) atoms. The van der Waals surface area contributed by atoms with Crippen LogP contribution in [0.3, 0.4) is 0 Å². The Balaban J connectivity index is 1.63. The molecule has 3 heterocycles. The number of rotatable bonds is 6. The number of carbonyl (C=O) groups is 2. The van der Waals surface area contributed by atoms with Gasteiger partial charge in [-0.1, -0.05) is 13.8 Å². The minimum absolute atomic E-state index is 0.0748. The van der Waals surface area contributed by atoms with Gasteiger partial charge in [-0.2, -0.15) is 0 Å². The lowest BCUT2D eigenvalue weighted by Crippen LogP contribution is -2.44. The van der Waals surface area contributed by atoms with Crippen molar-refractivity contribution in [3.8, 4) is 0 Å². The van der Waals surface area contributed by atoms with E-state index in [1.165, 1.54) is 0 Å². The summed E-state index contributed by atoms with van der Waals surface area (Å²) >= 11 is 0. The Morgan fingerprint density at radius 2 is 2.00 bits per heavy atom.